The predicted molar refractivity (Wildman–Crippen MR) is 122 cm³/mol. The minimum Gasteiger partial charge on any atom is -0.349 e. The monoisotopic (exact) mass is 455 g/mol. The number of rotatable bonds is 5. The van der Waals surface area contributed by atoms with Gasteiger partial charge < -0.3 is 10.6 Å². The van der Waals surface area contributed by atoms with E-state index in [0.717, 1.165) is 19.3 Å². The molecule has 1 aliphatic carbocycles. The highest BCUT2D eigenvalue weighted by Crippen LogP contribution is 2.31. The second-order valence-electron chi connectivity index (χ2n) is 8.54. The SMILES string of the molecule is CC(=O)Nc1ccc(S(=O)(=O)N2CCC(C(=O)NC3CCCc4ccccc43)CC2)cc1. The summed E-state index contributed by atoms with van der Waals surface area (Å²) in [4.78, 5) is 24.2. The Morgan fingerprint density at radius 2 is 1.66 bits per heavy atom. The number of aryl methyl sites for hydroxylation is 1. The molecular weight excluding hydrogens is 426 g/mol. The summed E-state index contributed by atoms with van der Waals surface area (Å²) in [5.74, 6) is -0.376. The van der Waals surface area contributed by atoms with Gasteiger partial charge in [-0.3, -0.25) is 9.59 Å². The van der Waals surface area contributed by atoms with Gasteiger partial charge in [0.25, 0.3) is 0 Å². The molecular formula is C24H29N3O4S. The minimum atomic E-state index is -3.63. The van der Waals surface area contributed by atoms with Gasteiger partial charge in [-0.25, -0.2) is 8.42 Å². The second-order valence-corrected chi connectivity index (χ2v) is 10.5. The van der Waals surface area contributed by atoms with Crippen LogP contribution in [-0.2, 0) is 26.0 Å². The molecule has 8 heteroatoms. The first-order valence-corrected chi connectivity index (χ1v) is 12.5. The molecule has 0 aromatic heterocycles. The summed E-state index contributed by atoms with van der Waals surface area (Å²) in [6, 6.07) is 14.5. The zero-order valence-electron chi connectivity index (χ0n) is 18.2. The molecule has 4 rings (SSSR count). The fourth-order valence-electron chi connectivity index (χ4n) is 4.61. The van der Waals surface area contributed by atoms with Crippen LogP contribution in [0, 0.1) is 5.92 Å². The van der Waals surface area contributed by atoms with E-state index in [2.05, 4.69) is 22.8 Å². The fourth-order valence-corrected chi connectivity index (χ4v) is 6.08. The first-order valence-electron chi connectivity index (χ1n) is 11.1. The molecule has 1 unspecified atom stereocenters. The van der Waals surface area contributed by atoms with Gasteiger partial charge in [-0.05, 0) is 67.5 Å². The number of sulfonamides is 1. The Balaban J connectivity index is 1.35. The van der Waals surface area contributed by atoms with Crippen molar-refractivity contribution >= 4 is 27.5 Å². The van der Waals surface area contributed by atoms with Crippen molar-refractivity contribution in [1.82, 2.24) is 9.62 Å². The number of benzene rings is 2. The van der Waals surface area contributed by atoms with Gasteiger partial charge in [-0.15, -0.1) is 0 Å². The zero-order chi connectivity index (χ0) is 22.7. The highest BCUT2D eigenvalue weighted by molar-refractivity contribution is 7.89. The maximum atomic E-state index is 13.0. The van der Waals surface area contributed by atoms with Gasteiger partial charge in [-0.1, -0.05) is 24.3 Å². The van der Waals surface area contributed by atoms with Crippen molar-refractivity contribution < 1.29 is 18.0 Å². The van der Waals surface area contributed by atoms with Gasteiger partial charge in [0.2, 0.25) is 21.8 Å². The fraction of sp³-hybridized carbons (Fsp3) is 0.417. The molecule has 1 fully saturated rings. The van der Waals surface area contributed by atoms with Gasteiger partial charge in [0.05, 0.1) is 10.9 Å². The van der Waals surface area contributed by atoms with E-state index in [0.29, 0.717) is 31.6 Å². The Morgan fingerprint density at radius 1 is 0.969 bits per heavy atom. The third-order valence-corrected chi connectivity index (χ3v) is 8.24. The molecule has 0 radical (unpaired) electrons. The number of hydrogen-bond acceptors (Lipinski definition) is 4. The van der Waals surface area contributed by atoms with Crippen LogP contribution in [0.1, 0.15) is 49.8 Å². The van der Waals surface area contributed by atoms with Crippen molar-refractivity contribution in [2.75, 3.05) is 18.4 Å². The van der Waals surface area contributed by atoms with E-state index in [4.69, 9.17) is 0 Å². The van der Waals surface area contributed by atoms with Crippen LogP contribution in [0.5, 0.6) is 0 Å². The summed E-state index contributed by atoms with van der Waals surface area (Å²) in [5.41, 5.74) is 3.06. The summed E-state index contributed by atoms with van der Waals surface area (Å²) < 4.78 is 27.4. The van der Waals surface area contributed by atoms with Gasteiger partial charge in [0.15, 0.2) is 0 Å². The Hall–Kier alpha value is -2.71. The molecule has 1 aliphatic heterocycles. The van der Waals surface area contributed by atoms with E-state index in [1.54, 1.807) is 12.1 Å². The normalized spacial score (nSPS) is 19.7. The van der Waals surface area contributed by atoms with Crippen LogP contribution in [0.25, 0.3) is 0 Å². The van der Waals surface area contributed by atoms with Crippen LogP contribution in [0.3, 0.4) is 0 Å². The Morgan fingerprint density at radius 3 is 2.34 bits per heavy atom. The van der Waals surface area contributed by atoms with Crippen LogP contribution in [0.2, 0.25) is 0 Å². The Labute approximate surface area is 189 Å². The van der Waals surface area contributed by atoms with Crippen molar-refractivity contribution in [3.63, 3.8) is 0 Å². The van der Waals surface area contributed by atoms with Crippen molar-refractivity contribution in [3.05, 3.63) is 59.7 Å². The first kappa shape index (κ1) is 22.5. The number of carbonyl (C=O) groups is 2. The average molecular weight is 456 g/mol. The quantitative estimate of drug-likeness (QED) is 0.724. The molecule has 2 aliphatic rings. The number of fused-ring (bicyclic) bond motifs is 1. The lowest BCUT2D eigenvalue weighted by Crippen LogP contribution is -2.44. The van der Waals surface area contributed by atoms with Gasteiger partial charge >= 0.3 is 0 Å². The van der Waals surface area contributed by atoms with Crippen molar-refractivity contribution in [2.45, 2.75) is 50.0 Å². The first-order chi connectivity index (χ1) is 15.3. The molecule has 1 saturated heterocycles. The summed E-state index contributed by atoms with van der Waals surface area (Å²) in [6.07, 6.45) is 4.04. The third kappa shape index (κ3) is 4.86. The molecule has 0 bridgehead atoms. The minimum absolute atomic E-state index is 0.0170. The van der Waals surface area contributed by atoms with E-state index in [-0.39, 0.29) is 28.7 Å². The van der Waals surface area contributed by atoms with E-state index in [1.165, 1.54) is 34.5 Å². The summed E-state index contributed by atoms with van der Waals surface area (Å²) in [5, 5.41) is 5.84. The highest BCUT2D eigenvalue weighted by atomic mass is 32.2. The van der Waals surface area contributed by atoms with Gasteiger partial charge in [0, 0.05) is 31.6 Å². The third-order valence-electron chi connectivity index (χ3n) is 6.32. The Bertz CT molecular complexity index is 1090. The van der Waals surface area contributed by atoms with Crippen molar-refractivity contribution in [2.24, 2.45) is 5.92 Å². The molecule has 32 heavy (non-hydrogen) atoms. The maximum Gasteiger partial charge on any atom is 0.243 e. The molecule has 2 amide bonds. The van der Waals surface area contributed by atoms with Crippen LogP contribution in [0.4, 0.5) is 5.69 Å². The van der Waals surface area contributed by atoms with E-state index >= 15 is 0 Å². The molecule has 1 atom stereocenters. The lowest BCUT2D eigenvalue weighted by Gasteiger charge is -2.32. The predicted octanol–water partition coefficient (Wildman–Crippen LogP) is 3.24. The molecule has 170 valence electrons. The van der Waals surface area contributed by atoms with E-state index in [1.807, 2.05) is 12.1 Å². The molecule has 0 spiro atoms. The molecule has 1 heterocycles. The smallest absolute Gasteiger partial charge is 0.243 e. The number of piperidine rings is 1. The number of amides is 2. The van der Waals surface area contributed by atoms with E-state index < -0.39 is 10.0 Å². The van der Waals surface area contributed by atoms with Crippen LogP contribution >= 0.6 is 0 Å². The van der Waals surface area contributed by atoms with Crippen molar-refractivity contribution in [1.29, 1.82) is 0 Å². The average Bonchev–Trinajstić information content (AvgIpc) is 2.79. The zero-order valence-corrected chi connectivity index (χ0v) is 19.0. The van der Waals surface area contributed by atoms with Crippen LogP contribution in [-0.4, -0.2) is 37.6 Å². The van der Waals surface area contributed by atoms with Gasteiger partial charge in [-0.2, -0.15) is 4.31 Å². The molecule has 0 saturated carbocycles. The number of hydrogen-bond donors (Lipinski definition) is 2. The highest BCUT2D eigenvalue weighted by Gasteiger charge is 2.33. The largest absolute Gasteiger partial charge is 0.349 e. The Kier molecular flexibility index (Phi) is 6.62. The summed E-state index contributed by atoms with van der Waals surface area (Å²) in [6.45, 7) is 2.03. The lowest BCUT2D eigenvalue weighted by atomic mass is 9.87. The second kappa shape index (κ2) is 9.42. The molecule has 2 N–H and O–H groups in total. The number of nitrogens with zero attached hydrogens (tertiary/aromatic N) is 1. The standard InChI is InChI=1S/C24H29N3O4S/c1-17(28)25-20-9-11-21(12-10-20)32(30,31)27-15-13-19(14-16-27)24(29)26-23-8-4-6-18-5-2-3-7-22(18)23/h2-3,5,7,9-12,19,23H,4,6,8,13-16H2,1H3,(H,25,28)(H,26,29). The topological polar surface area (TPSA) is 95.6 Å². The molecule has 7 nitrogen and oxygen atoms in total. The van der Waals surface area contributed by atoms with Crippen LogP contribution in [0.15, 0.2) is 53.4 Å². The van der Waals surface area contributed by atoms with Crippen LogP contribution < -0.4 is 10.6 Å². The molecule has 2 aromatic carbocycles. The summed E-state index contributed by atoms with van der Waals surface area (Å²) in [7, 11) is -3.63. The van der Waals surface area contributed by atoms with Crippen molar-refractivity contribution in [3.8, 4) is 0 Å². The van der Waals surface area contributed by atoms with E-state index in [9.17, 15) is 18.0 Å². The van der Waals surface area contributed by atoms with Gasteiger partial charge in [0.1, 0.15) is 0 Å². The molecule has 2 aromatic rings. The number of carbonyl (C=O) groups excluding carboxylic acids is 2. The number of anilines is 1. The lowest BCUT2D eigenvalue weighted by molar-refractivity contribution is -0.127. The number of nitrogens with one attached hydrogen (secondary N) is 2. The summed E-state index contributed by atoms with van der Waals surface area (Å²) >= 11 is 0. The maximum absolute atomic E-state index is 13.0.